The van der Waals surface area contributed by atoms with Gasteiger partial charge in [-0.15, -0.1) is 11.3 Å². The number of nitrogens with one attached hydrogen (secondary N) is 1. The number of hydrogen-bond acceptors (Lipinski definition) is 5. The van der Waals surface area contributed by atoms with E-state index < -0.39 is 0 Å². The highest BCUT2D eigenvalue weighted by Crippen LogP contribution is 2.37. The van der Waals surface area contributed by atoms with E-state index in [0.29, 0.717) is 11.8 Å². The Bertz CT molecular complexity index is 907. The van der Waals surface area contributed by atoms with Crippen molar-refractivity contribution >= 4 is 21.6 Å². The number of likely N-dealkylation sites (tertiary alicyclic amines) is 1. The van der Waals surface area contributed by atoms with Gasteiger partial charge in [0.25, 0.3) is 0 Å². The summed E-state index contributed by atoms with van der Waals surface area (Å²) in [5.41, 5.74) is 1.99. The summed E-state index contributed by atoms with van der Waals surface area (Å²) in [7, 11) is 0. The molecule has 2 aliphatic rings. The van der Waals surface area contributed by atoms with Gasteiger partial charge in [0.15, 0.2) is 16.5 Å². The molecule has 25 heavy (non-hydrogen) atoms. The molecule has 1 aromatic heterocycles. The molecule has 3 heterocycles. The SMILES string of the molecule is Oc1cc2c(cc1C[NH+]1CCC[C@H]1c1nc3ccccc3s1)OCO2. The number of aromatic hydroxyl groups is 1. The van der Waals surface area contributed by atoms with Crippen LogP contribution in [0.3, 0.4) is 0 Å². The van der Waals surface area contributed by atoms with Crippen LogP contribution in [0.4, 0.5) is 0 Å². The fourth-order valence-corrected chi connectivity index (χ4v) is 4.98. The zero-order valence-electron chi connectivity index (χ0n) is 13.7. The fourth-order valence-electron chi connectivity index (χ4n) is 3.82. The van der Waals surface area contributed by atoms with Crippen molar-refractivity contribution in [2.45, 2.75) is 25.4 Å². The van der Waals surface area contributed by atoms with Gasteiger partial charge in [0.2, 0.25) is 6.79 Å². The minimum Gasteiger partial charge on any atom is -0.507 e. The highest BCUT2D eigenvalue weighted by molar-refractivity contribution is 7.18. The Morgan fingerprint density at radius 3 is 2.92 bits per heavy atom. The molecule has 2 N–H and O–H groups in total. The topological polar surface area (TPSA) is 56.0 Å². The molecule has 2 aliphatic heterocycles. The van der Waals surface area contributed by atoms with Crippen LogP contribution in [0.5, 0.6) is 17.2 Å². The Kier molecular flexibility index (Phi) is 3.53. The third-order valence-corrected chi connectivity index (χ3v) is 6.23. The molecule has 0 radical (unpaired) electrons. The van der Waals surface area contributed by atoms with E-state index in [-0.39, 0.29) is 12.5 Å². The molecule has 1 unspecified atom stereocenters. The maximum absolute atomic E-state index is 10.3. The van der Waals surface area contributed by atoms with Crippen LogP contribution in [0.1, 0.15) is 29.5 Å². The summed E-state index contributed by atoms with van der Waals surface area (Å²) in [6, 6.07) is 12.3. The molecule has 2 atom stereocenters. The largest absolute Gasteiger partial charge is 0.507 e. The zero-order valence-corrected chi connectivity index (χ0v) is 14.5. The van der Waals surface area contributed by atoms with Gasteiger partial charge in [-0.3, -0.25) is 0 Å². The van der Waals surface area contributed by atoms with Gasteiger partial charge in [-0.05, 0) is 18.2 Å². The van der Waals surface area contributed by atoms with Crippen molar-refractivity contribution in [3.05, 3.63) is 47.0 Å². The Balaban J connectivity index is 1.43. The van der Waals surface area contributed by atoms with E-state index in [9.17, 15) is 5.11 Å². The first-order valence-corrected chi connectivity index (χ1v) is 9.41. The average Bonchev–Trinajstić information content (AvgIpc) is 3.33. The molecule has 2 aromatic carbocycles. The summed E-state index contributed by atoms with van der Waals surface area (Å²) in [4.78, 5) is 6.31. The Labute approximate surface area is 149 Å². The van der Waals surface area contributed by atoms with E-state index >= 15 is 0 Å². The lowest BCUT2D eigenvalue weighted by atomic mass is 10.1. The van der Waals surface area contributed by atoms with E-state index in [4.69, 9.17) is 14.5 Å². The molecule has 128 valence electrons. The monoisotopic (exact) mass is 355 g/mol. The molecule has 5 nitrogen and oxygen atoms in total. The molecule has 0 saturated carbocycles. The number of para-hydroxylation sites is 1. The number of nitrogens with zero attached hydrogens (tertiary/aromatic N) is 1. The number of phenols is 1. The molecule has 3 aromatic rings. The van der Waals surface area contributed by atoms with Crippen molar-refractivity contribution in [2.24, 2.45) is 0 Å². The third-order valence-electron chi connectivity index (χ3n) is 5.08. The maximum Gasteiger partial charge on any atom is 0.231 e. The van der Waals surface area contributed by atoms with E-state index in [1.807, 2.05) is 12.1 Å². The third kappa shape index (κ3) is 2.62. The first-order chi connectivity index (χ1) is 12.3. The quantitative estimate of drug-likeness (QED) is 0.758. The number of fused-ring (bicyclic) bond motifs is 2. The highest BCUT2D eigenvalue weighted by Gasteiger charge is 2.33. The molecule has 1 saturated heterocycles. The summed E-state index contributed by atoms with van der Waals surface area (Å²) >= 11 is 1.79. The van der Waals surface area contributed by atoms with E-state index in [2.05, 4.69) is 18.2 Å². The molecule has 5 rings (SSSR count). The summed E-state index contributed by atoms with van der Waals surface area (Å²) in [5.74, 6) is 1.63. The van der Waals surface area contributed by atoms with Gasteiger partial charge < -0.3 is 19.5 Å². The van der Waals surface area contributed by atoms with Crippen molar-refractivity contribution in [2.75, 3.05) is 13.3 Å². The van der Waals surface area contributed by atoms with Crippen LogP contribution in [0.25, 0.3) is 10.2 Å². The molecule has 1 fully saturated rings. The van der Waals surface area contributed by atoms with Gasteiger partial charge in [-0.25, -0.2) is 4.98 Å². The predicted molar refractivity (Wildman–Crippen MR) is 95.4 cm³/mol. The summed E-state index contributed by atoms with van der Waals surface area (Å²) in [6.45, 7) is 2.08. The van der Waals surface area contributed by atoms with Crippen molar-refractivity contribution in [1.29, 1.82) is 0 Å². The van der Waals surface area contributed by atoms with Crippen LogP contribution >= 0.6 is 11.3 Å². The van der Waals surface area contributed by atoms with Gasteiger partial charge in [0, 0.05) is 18.9 Å². The second kappa shape index (κ2) is 5.89. The Morgan fingerprint density at radius 1 is 1.20 bits per heavy atom. The summed E-state index contributed by atoms with van der Waals surface area (Å²) < 4.78 is 12.0. The molecular weight excluding hydrogens is 336 g/mol. The zero-order chi connectivity index (χ0) is 16.8. The first-order valence-electron chi connectivity index (χ1n) is 8.59. The number of ether oxygens (including phenoxy) is 2. The molecule has 0 spiro atoms. The van der Waals surface area contributed by atoms with E-state index in [1.165, 1.54) is 21.0 Å². The van der Waals surface area contributed by atoms with Crippen molar-refractivity contribution in [3.63, 3.8) is 0 Å². The Hall–Kier alpha value is -2.31. The van der Waals surface area contributed by atoms with Crippen LogP contribution in [-0.2, 0) is 6.54 Å². The molecule has 0 aliphatic carbocycles. The minimum absolute atomic E-state index is 0.225. The van der Waals surface area contributed by atoms with E-state index in [1.54, 1.807) is 17.4 Å². The summed E-state index contributed by atoms with van der Waals surface area (Å²) in [5, 5.41) is 11.5. The minimum atomic E-state index is 0.225. The lowest BCUT2D eigenvalue weighted by Crippen LogP contribution is -3.08. The van der Waals surface area contributed by atoms with Gasteiger partial charge >= 0.3 is 0 Å². The maximum atomic E-state index is 10.3. The lowest BCUT2D eigenvalue weighted by Gasteiger charge is -2.20. The highest BCUT2D eigenvalue weighted by atomic mass is 32.1. The molecule has 0 amide bonds. The van der Waals surface area contributed by atoms with Crippen LogP contribution < -0.4 is 14.4 Å². The van der Waals surface area contributed by atoms with Crippen LogP contribution in [0, 0.1) is 0 Å². The number of thiazole rings is 1. The lowest BCUT2D eigenvalue weighted by molar-refractivity contribution is -0.932. The standard InChI is InChI=1S/C19H18N2O3S/c22-15-9-17-16(23-11-24-17)8-12(15)10-21-7-3-5-14(21)19-20-13-4-1-2-6-18(13)25-19/h1-2,4,6,8-9,14,22H,3,5,7,10-11H2/p+1/t14-/m0/s1. The second-order valence-electron chi connectivity index (χ2n) is 6.63. The van der Waals surface area contributed by atoms with Crippen LogP contribution in [0.15, 0.2) is 36.4 Å². The van der Waals surface area contributed by atoms with Crippen LogP contribution in [0.2, 0.25) is 0 Å². The average molecular weight is 355 g/mol. The van der Waals surface area contributed by atoms with Crippen molar-refractivity contribution in [1.82, 2.24) is 4.98 Å². The molecule has 6 heteroatoms. The van der Waals surface area contributed by atoms with Gasteiger partial charge in [0.05, 0.1) is 22.3 Å². The normalized spacial score (nSPS) is 21.9. The predicted octanol–water partition coefficient (Wildman–Crippen LogP) is 2.65. The smallest absolute Gasteiger partial charge is 0.231 e. The van der Waals surface area contributed by atoms with Gasteiger partial charge in [-0.2, -0.15) is 0 Å². The molecular formula is C19H19N2O3S+. The number of aromatic nitrogens is 1. The van der Waals surface area contributed by atoms with Gasteiger partial charge in [0.1, 0.15) is 18.3 Å². The Morgan fingerprint density at radius 2 is 2.04 bits per heavy atom. The van der Waals surface area contributed by atoms with Crippen molar-refractivity contribution < 1.29 is 19.5 Å². The number of hydrogen-bond donors (Lipinski definition) is 2. The number of benzene rings is 2. The van der Waals surface area contributed by atoms with Gasteiger partial charge in [-0.1, -0.05) is 12.1 Å². The van der Waals surface area contributed by atoms with Crippen molar-refractivity contribution in [3.8, 4) is 17.2 Å². The summed E-state index contributed by atoms with van der Waals surface area (Å²) in [6.07, 6.45) is 2.32. The number of rotatable bonds is 3. The number of quaternary nitrogens is 1. The number of phenolic OH excluding ortho intramolecular Hbond substituents is 1. The molecule has 0 bridgehead atoms. The van der Waals surface area contributed by atoms with Crippen LogP contribution in [-0.4, -0.2) is 23.4 Å². The second-order valence-corrected chi connectivity index (χ2v) is 7.70. The fraction of sp³-hybridized carbons (Fsp3) is 0.316. The first kappa shape index (κ1) is 15.0. The van der Waals surface area contributed by atoms with E-state index in [0.717, 1.165) is 36.3 Å².